The molecule has 1 fully saturated rings. The van der Waals surface area contributed by atoms with Gasteiger partial charge in [-0.25, -0.2) is 4.39 Å². The molecule has 0 saturated heterocycles. The zero-order chi connectivity index (χ0) is 21.1. The molecule has 0 spiro atoms. The van der Waals surface area contributed by atoms with E-state index in [9.17, 15) is 14.0 Å². The maximum absolute atomic E-state index is 15.0. The fourth-order valence-electron chi connectivity index (χ4n) is 4.27. The molecule has 4 nitrogen and oxygen atoms in total. The quantitative estimate of drug-likeness (QED) is 0.655. The molecule has 2 aliphatic rings. The van der Waals surface area contributed by atoms with Gasteiger partial charge in [0.05, 0.1) is 12.1 Å². The molecule has 1 saturated carbocycles. The maximum Gasteiger partial charge on any atom is 0.261 e. The van der Waals surface area contributed by atoms with Crippen molar-refractivity contribution in [1.29, 1.82) is 0 Å². The molecule has 1 amide bonds. The zero-order valence-corrected chi connectivity index (χ0v) is 17.1. The summed E-state index contributed by atoms with van der Waals surface area (Å²) in [5.41, 5.74) is 1.72. The van der Waals surface area contributed by atoms with Gasteiger partial charge >= 0.3 is 0 Å². The Morgan fingerprint density at radius 1 is 1.13 bits per heavy atom. The van der Waals surface area contributed by atoms with E-state index in [1.165, 1.54) is 0 Å². The van der Waals surface area contributed by atoms with E-state index in [4.69, 9.17) is 4.74 Å². The van der Waals surface area contributed by atoms with Gasteiger partial charge in [0, 0.05) is 12.1 Å². The van der Waals surface area contributed by atoms with E-state index in [0.717, 1.165) is 31.2 Å². The first-order chi connectivity index (χ1) is 14.5. The van der Waals surface area contributed by atoms with Crippen LogP contribution in [0.5, 0.6) is 5.75 Å². The number of Topliss-reactive ketones (excluding diaryl/α,β-unsaturated/α-hetero) is 1. The molecule has 1 heterocycles. The van der Waals surface area contributed by atoms with Crippen LogP contribution in [0.15, 0.2) is 54.7 Å². The van der Waals surface area contributed by atoms with Gasteiger partial charge in [-0.1, -0.05) is 42.5 Å². The number of allylic oxidation sites excluding steroid dienone is 1. The molecule has 1 aliphatic carbocycles. The number of carbonyl (C=O) groups excluding carboxylic acids is 2. The highest BCUT2D eigenvalue weighted by atomic mass is 19.1. The van der Waals surface area contributed by atoms with Gasteiger partial charge < -0.3 is 9.64 Å². The van der Waals surface area contributed by atoms with Gasteiger partial charge in [-0.2, -0.15) is 0 Å². The van der Waals surface area contributed by atoms with Crippen molar-refractivity contribution < 1.29 is 18.7 Å². The summed E-state index contributed by atoms with van der Waals surface area (Å²) in [5.74, 6) is -0.0298. The van der Waals surface area contributed by atoms with E-state index >= 15 is 0 Å². The Morgan fingerprint density at radius 2 is 1.87 bits per heavy atom. The number of halogens is 1. The van der Waals surface area contributed by atoms with Crippen molar-refractivity contribution in [2.75, 3.05) is 0 Å². The number of carbonyl (C=O) groups is 2. The van der Waals surface area contributed by atoms with Crippen molar-refractivity contribution in [2.24, 2.45) is 11.8 Å². The van der Waals surface area contributed by atoms with E-state index in [2.05, 4.69) is 0 Å². The van der Waals surface area contributed by atoms with Crippen LogP contribution >= 0.6 is 0 Å². The number of amides is 1. The van der Waals surface area contributed by atoms with Gasteiger partial charge in [0.2, 0.25) is 0 Å². The summed E-state index contributed by atoms with van der Waals surface area (Å²) in [6, 6.07) is 12.9. The second-order valence-electron chi connectivity index (χ2n) is 8.18. The van der Waals surface area contributed by atoms with Crippen molar-refractivity contribution >= 4 is 11.7 Å². The lowest BCUT2D eigenvalue weighted by atomic mass is 9.80. The first-order valence-corrected chi connectivity index (χ1v) is 10.5. The molecule has 0 aromatic heterocycles. The monoisotopic (exact) mass is 407 g/mol. The third-order valence-electron chi connectivity index (χ3n) is 6.13. The number of hydrogen-bond acceptors (Lipinski definition) is 3. The minimum atomic E-state index is -0.591. The number of rotatable bonds is 6. The van der Waals surface area contributed by atoms with Crippen LogP contribution in [0.4, 0.5) is 4.39 Å². The van der Waals surface area contributed by atoms with Crippen molar-refractivity contribution in [1.82, 2.24) is 4.90 Å². The molecule has 4 rings (SSSR count). The van der Waals surface area contributed by atoms with Crippen LogP contribution in [0, 0.1) is 17.7 Å². The molecule has 0 atom stereocenters. The van der Waals surface area contributed by atoms with Gasteiger partial charge in [-0.05, 0) is 55.7 Å². The summed E-state index contributed by atoms with van der Waals surface area (Å²) < 4.78 is 20.6. The fraction of sp³-hybridized carbons (Fsp3) is 0.360. The number of benzene rings is 2. The van der Waals surface area contributed by atoms with Gasteiger partial charge in [0.25, 0.3) is 5.91 Å². The van der Waals surface area contributed by atoms with Crippen LogP contribution in [0.3, 0.4) is 0 Å². The van der Waals surface area contributed by atoms with Crippen molar-refractivity contribution in [2.45, 2.75) is 45.8 Å². The molecule has 0 N–H and O–H groups in total. The average molecular weight is 407 g/mol. The second kappa shape index (κ2) is 8.82. The first-order valence-electron chi connectivity index (χ1n) is 10.5. The maximum atomic E-state index is 15.0. The molecule has 156 valence electrons. The summed E-state index contributed by atoms with van der Waals surface area (Å²) in [4.78, 5) is 25.9. The predicted molar refractivity (Wildman–Crippen MR) is 112 cm³/mol. The predicted octanol–water partition coefficient (Wildman–Crippen LogP) is 5.27. The highest BCUT2D eigenvalue weighted by molar-refractivity contribution is 5.99. The van der Waals surface area contributed by atoms with E-state index in [1.54, 1.807) is 30.2 Å². The Morgan fingerprint density at radius 3 is 2.57 bits per heavy atom. The molecular formula is C25H26FNO3. The van der Waals surface area contributed by atoms with Crippen LogP contribution < -0.4 is 4.74 Å². The topological polar surface area (TPSA) is 46.6 Å². The molecule has 2 aromatic carbocycles. The van der Waals surface area contributed by atoms with Crippen LogP contribution in [-0.2, 0) is 17.9 Å². The number of ketones is 1. The summed E-state index contributed by atoms with van der Waals surface area (Å²) in [6.07, 6.45) is 7.50. The van der Waals surface area contributed by atoms with Crippen LogP contribution in [0.2, 0.25) is 0 Å². The number of fused-ring (bicyclic) bond motifs is 1. The minimum Gasteiger partial charge on any atom is -0.486 e. The zero-order valence-electron chi connectivity index (χ0n) is 17.1. The lowest BCUT2D eigenvalue weighted by Gasteiger charge is -2.25. The Bertz CT molecular complexity index is 962. The Kier molecular flexibility index (Phi) is 5.98. The number of ether oxygens (including phenoxy) is 1. The smallest absolute Gasteiger partial charge is 0.261 e. The minimum absolute atomic E-state index is 0.0966. The summed E-state index contributed by atoms with van der Waals surface area (Å²) in [7, 11) is 0. The largest absolute Gasteiger partial charge is 0.486 e. The normalized spacial score (nSPS) is 21.1. The Labute approximate surface area is 176 Å². The van der Waals surface area contributed by atoms with Crippen molar-refractivity contribution in [3.63, 3.8) is 0 Å². The Hall–Kier alpha value is -2.95. The Balaban J connectivity index is 1.40. The molecule has 0 bridgehead atoms. The SMILES string of the molecule is CC(=O)C1CCC(C=CN2Cc3ccc(OCc4ccccc4)c(F)c3C2=O)CC1. The highest BCUT2D eigenvalue weighted by Gasteiger charge is 2.31. The summed E-state index contributed by atoms with van der Waals surface area (Å²) >= 11 is 0. The molecule has 0 radical (unpaired) electrons. The molecule has 2 aromatic rings. The van der Waals surface area contributed by atoms with Crippen LogP contribution in [0.1, 0.15) is 54.1 Å². The number of nitrogens with zero attached hydrogens (tertiary/aromatic N) is 1. The molecular weight excluding hydrogens is 381 g/mol. The van der Waals surface area contributed by atoms with Crippen molar-refractivity contribution in [3.8, 4) is 5.75 Å². The van der Waals surface area contributed by atoms with Gasteiger partial charge in [0.1, 0.15) is 12.4 Å². The van der Waals surface area contributed by atoms with Gasteiger partial charge in [-0.3, -0.25) is 9.59 Å². The molecule has 0 unspecified atom stereocenters. The second-order valence-corrected chi connectivity index (χ2v) is 8.18. The van der Waals surface area contributed by atoms with Gasteiger partial charge in [-0.15, -0.1) is 0 Å². The van der Waals surface area contributed by atoms with E-state index in [0.29, 0.717) is 18.0 Å². The molecule has 1 aliphatic heterocycles. The van der Waals surface area contributed by atoms with E-state index < -0.39 is 5.82 Å². The molecule has 5 heteroatoms. The van der Waals surface area contributed by atoms with E-state index in [1.807, 2.05) is 36.4 Å². The number of hydrogen-bond donors (Lipinski definition) is 0. The lowest BCUT2D eigenvalue weighted by Crippen LogP contribution is -2.21. The van der Waals surface area contributed by atoms with Crippen LogP contribution in [-0.4, -0.2) is 16.6 Å². The lowest BCUT2D eigenvalue weighted by molar-refractivity contribution is -0.121. The van der Waals surface area contributed by atoms with Gasteiger partial charge in [0.15, 0.2) is 11.6 Å². The van der Waals surface area contributed by atoms with Crippen LogP contribution in [0.25, 0.3) is 0 Å². The third-order valence-corrected chi connectivity index (χ3v) is 6.13. The molecule has 30 heavy (non-hydrogen) atoms. The summed E-state index contributed by atoms with van der Waals surface area (Å²) in [5, 5.41) is 0. The standard InChI is InChI=1S/C25H26FNO3/c1-17(28)20-9-7-18(8-10-20)13-14-27-15-21-11-12-22(24(26)23(21)25(27)29)30-16-19-5-3-2-4-6-19/h2-6,11-14,18,20H,7-10,15-16H2,1H3. The van der Waals surface area contributed by atoms with E-state index in [-0.39, 0.29) is 35.5 Å². The summed E-state index contributed by atoms with van der Waals surface area (Å²) in [6.45, 7) is 2.27. The van der Waals surface area contributed by atoms with Crippen molar-refractivity contribution in [3.05, 3.63) is 77.2 Å². The highest BCUT2D eigenvalue weighted by Crippen LogP contribution is 2.33. The average Bonchev–Trinajstić information content (AvgIpc) is 3.09. The third kappa shape index (κ3) is 4.30. The fourth-order valence-corrected chi connectivity index (χ4v) is 4.27. The first kappa shape index (κ1) is 20.3.